The molecule has 0 saturated heterocycles. The molecule has 0 heterocycles. The van der Waals surface area contributed by atoms with E-state index in [-0.39, 0.29) is 54.2 Å². The number of carboxylic acid groups (broad SMARTS) is 2. The van der Waals surface area contributed by atoms with Gasteiger partial charge in [-0.2, -0.15) is 0 Å². The monoisotopic (exact) mass is 225 g/mol. The van der Waals surface area contributed by atoms with Gasteiger partial charge in [-0.1, -0.05) is 0 Å². The number of carbonyl (C=O) groups excluding carboxylic acids is 2. The first kappa shape index (κ1) is 29.2. The van der Waals surface area contributed by atoms with E-state index in [1.165, 1.54) is 0 Å². The molecule has 0 amide bonds. The van der Waals surface area contributed by atoms with Crippen LogP contribution in [0.4, 0.5) is 0 Å². The molecule has 9 heteroatoms. The third-order valence-corrected chi connectivity index (χ3v) is 0.689. The van der Waals surface area contributed by atoms with Crippen LogP contribution in [0.5, 0.6) is 0 Å². The second kappa shape index (κ2) is 14.6. The van der Waals surface area contributed by atoms with Crippen LogP contribution >= 0.6 is 0 Å². The summed E-state index contributed by atoms with van der Waals surface area (Å²) in [5.74, 6) is -3.08. The third kappa shape index (κ3) is 18.8. The molecule has 0 aromatic carbocycles. The molecule has 0 aromatic heterocycles. The van der Waals surface area contributed by atoms with Crippen molar-refractivity contribution in [2.24, 2.45) is 5.73 Å². The van der Waals surface area contributed by atoms with Crippen LogP contribution in [-0.2, 0) is 9.59 Å². The van der Waals surface area contributed by atoms with Crippen LogP contribution in [0.2, 0.25) is 0 Å². The molecular weight excluding hydrogens is 214 g/mol. The molecule has 0 spiro atoms. The van der Waals surface area contributed by atoms with Gasteiger partial charge in [0.15, 0.2) is 0 Å². The standard InChI is InChI=1S/C4H7NO4.Ca.3H2O/c5-2(4(8)9)1-3(6)7;;;;/h2H,1,5H2,(H,6,7)(H,8,9);;3*1H2/q;+2;;;/p-2/t2-;;;;/m1..../s1. The molecule has 0 fully saturated rings. The first-order chi connectivity index (χ1) is 4.04. The van der Waals surface area contributed by atoms with Crippen molar-refractivity contribution in [3.05, 3.63) is 0 Å². The summed E-state index contributed by atoms with van der Waals surface area (Å²) in [6.07, 6.45) is -0.706. The van der Waals surface area contributed by atoms with Crippen molar-refractivity contribution in [2.45, 2.75) is 12.5 Å². The Morgan fingerprint density at radius 1 is 1.15 bits per heavy atom. The Bertz CT molecular complexity index is 140. The molecule has 8 nitrogen and oxygen atoms in total. The summed E-state index contributed by atoms with van der Waals surface area (Å²) in [6.45, 7) is 0. The Balaban J connectivity index is -0.0000000533. The van der Waals surface area contributed by atoms with Gasteiger partial charge in [-0.3, -0.25) is 0 Å². The van der Waals surface area contributed by atoms with Crippen molar-refractivity contribution in [3.63, 3.8) is 0 Å². The summed E-state index contributed by atoms with van der Waals surface area (Å²) in [6, 6.07) is -1.46. The maximum Gasteiger partial charge on any atom is 2.00 e. The van der Waals surface area contributed by atoms with Crippen molar-refractivity contribution in [1.29, 1.82) is 0 Å². The zero-order valence-electron chi connectivity index (χ0n) is 6.70. The van der Waals surface area contributed by atoms with Gasteiger partial charge in [0, 0.05) is 18.4 Å². The molecule has 76 valence electrons. The molecule has 8 N–H and O–H groups in total. The van der Waals surface area contributed by atoms with E-state index in [1.54, 1.807) is 0 Å². The van der Waals surface area contributed by atoms with Crippen LogP contribution < -0.4 is 15.9 Å². The van der Waals surface area contributed by atoms with E-state index in [1.807, 2.05) is 0 Å². The number of hydrogen-bond acceptors (Lipinski definition) is 5. The fraction of sp³-hybridized carbons (Fsp3) is 0.500. The first-order valence-corrected chi connectivity index (χ1v) is 2.20. The Labute approximate surface area is 104 Å². The minimum Gasteiger partial charge on any atom is -0.550 e. The Morgan fingerprint density at radius 2 is 1.46 bits per heavy atom. The van der Waals surface area contributed by atoms with Gasteiger partial charge in [0.25, 0.3) is 0 Å². The summed E-state index contributed by atoms with van der Waals surface area (Å²) in [5, 5.41) is 19.3. The number of carboxylic acids is 2. The van der Waals surface area contributed by atoms with Gasteiger partial charge in [0.05, 0.1) is 5.97 Å². The molecule has 1 atom stereocenters. The van der Waals surface area contributed by atoms with Crippen molar-refractivity contribution in [1.82, 2.24) is 0 Å². The summed E-state index contributed by atoms with van der Waals surface area (Å²) < 4.78 is 0. The number of aliphatic carboxylic acids is 2. The molecular formula is C4H11CaNO7. The minimum absolute atomic E-state index is 0. The zero-order chi connectivity index (χ0) is 7.44. The molecule has 0 aliphatic rings. The normalized spacial score (nSPS) is 8.69. The van der Waals surface area contributed by atoms with E-state index in [4.69, 9.17) is 5.73 Å². The summed E-state index contributed by atoms with van der Waals surface area (Å²) in [4.78, 5) is 19.3. The number of nitrogens with two attached hydrogens (primary N) is 1. The van der Waals surface area contributed by atoms with Crippen molar-refractivity contribution in [2.75, 3.05) is 0 Å². The SMILES string of the molecule is N[C@H](CC(=O)[O-])C(=O)[O-].O.O.O.[Ca+2]. The number of hydrogen-bond donors (Lipinski definition) is 1. The fourth-order valence-electron chi connectivity index (χ4n) is 0.263. The number of carbonyl (C=O) groups is 2. The van der Waals surface area contributed by atoms with E-state index in [0.717, 1.165) is 0 Å². The van der Waals surface area contributed by atoms with Gasteiger partial charge in [0.2, 0.25) is 0 Å². The zero-order valence-corrected chi connectivity index (χ0v) is 8.91. The van der Waals surface area contributed by atoms with Crippen LogP contribution in [-0.4, -0.2) is 72.1 Å². The third-order valence-electron chi connectivity index (χ3n) is 0.689. The second-order valence-corrected chi connectivity index (χ2v) is 1.50. The predicted octanol–water partition coefficient (Wildman–Crippen LogP) is -6.65. The van der Waals surface area contributed by atoms with Gasteiger partial charge >= 0.3 is 37.7 Å². The molecule has 0 aliphatic carbocycles. The van der Waals surface area contributed by atoms with Crippen molar-refractivity contribution >= 4 is 49.7 Å². The molecule has 0 radical (unpaired) electrons. The van der Waals surface area contributed by atoms with E-state index < -0.39 is 24.4 Å². The average molecular weight is 225 g/mol. The maximum atomic E-state index is 9.71. The smallest absolute Gasteiger partial charge is 0.550 e. The quantitative estimate of drug-likeness (QED) is 0.464. The minimum atomic E-state index is -1.58. The van der Waals surface area contributed by atoms with E-state index >= 15 is 0 Å². The Morgan fingerprint density at radius 3 is 1.54 bits per heavy atom. The van der Waals surface area contributed by atoms with Crippen LogP contribution in [0.3, 0.4) is 0 Å². The number of rotatable bonds is 3. The van der Waals surface area contributed by atoms with E-state index in [2.05, 4.69) is 0 Å². The predicted molar refractivity (Wildman–Crippen MR) is 39.2 cm³/mol. The molecule has 0 unspecified atom stereocenters. The van der Waals surface area contributed by atoms with Gasteiger partial charge in [0.1, 0.15) is 0 Å². The molecule has 0 saturated carbocycles. The molecule has 0 bridgehead atoms. The van der Waals surface area contributed by atoms with Gasteiger partial charge in [-0.25, -0.2) is 0 Å². The second-order valence-electron chi connectivity index (χ2n) is 1.50. The summed E-state index contributed by atoms with van der Waals surface area (Å²) in [5.41, 5.74) is 4.73. The van der Waals surface area contributed by atoms with E-state index in [0.29, 0.717) is 0 Å². The van der Waals surface area contributed by atoms with Crippen LogP contribution in [0.1, 0.15) is 6.42 Å². The first-order valence-electron chi connectivity index (χ1n) is 2.20. The van der Waals surface area contributed by atoms with Gasteiger partial charge < -0.3 is 42.0 Å². The van der Waals surface area contributed by atoms with Gasteiger partial charge in [-0.15, -0.1) is 0 Å². The Kier molecular flexibility index (Phi) is 32.7. The maximum absolute atomic E-state index is 9.71. The largest absolute Gasteiger partial charge is 2.00 e. The Hall–Kier alpha value is 0.0397. The van der Waals surface area contributed by atoms with Gasteiger partial charge in [-0.05, 0) is 0 Å². The van der Waals surface area contributed by atoms with Crippen LogP contribution in [0, 0.1) is 0 Å². The average Bonchev–Trinajstić information content (AvgIpc) is 1.63. The van der Waals surface area contributed by atoms with Crippen LogP contribution in [0.15, 0.2) is 0 Å². The molecule has 0 aliphatic heterocycles. The fourth-order valence-corrected chi connectivity index (χ4v) is 0.263. The summed E-state index contributed by atoms with van der Waals surface area (Å²) in [7, 11) is 0. The van der Waals surface area contributed by atoms with Crippen molar-refractivity contribution < 1.29 is 36.2 Å². The topological polar surface area (TPSA) is 201 Å². The molecule has 13 heavy (non-hydrogen) atoms. The van der Waals surface area contributed by atoms with Crippen LogP contribution in [0.25, 0.3) is 0 Å². The molecule has 0 rings (SSSR count). The van der Waals surface area contributed by atoms with E-state index in [9.17, 15) is 19.8 Å². The van der Waals surface area contributed by atoms with Crippen molar-refractivity contribution in [3.8, 4) is 0 Å². The molecule has 0 aromatic rings. The summed E-state index contributed by atoms with van der Waals surface area (Å²) >= 11 is 0.